The van der Waals surface area contributed by atoms with Crippen molar-refractivity contribution in [1.29, 1.82) is 0 Å². The molecule has 0 aliphatic carbocycles. The van der Waals surface area contributed by atoms with E-state index in [2.05, 4.69) is 20.4 Å². The van der Waals surface area contributed by atoms with Gasteiger partial charge >= 0.3 is 5.97 Å². The van der Waals surface area contributed by atoms with Gasteiger partial charge in [-0.2, -0.15) is 0 Å². The van der Waals surface area contributed by atoms with Crippen LogP contribution in [0.5, 0.6) is 0 Å². The lowest BCUT2D eigenvalue weighted by Crippen LogP contribution is -1.97. The number of aromatic carboxylic acids is 1. The fourth-order valence-corrected chi connectivity index (χ4v) is 2.24. The number of rotatable bonds is 4. The maximum atomic E-state index is 11.9. The van der Waals surface area contributed by atoms with Crippen LogP contribution in [0.3, 0.4) is 0 Å². The molecular formula is C16H11ClN4O3. The number of nitrogens with one attached hydrogen (secondary N) is 2. The zero-order valence-electron chi connectivity index (χ0n) is 12.2. The summed E-state index contributed by atoms with van der Waals surface area (Å²) in [6, 6.07) is 13.0. The number of halogens is 1. The van der Waals surface area contributed by atoms with Crippen LogP contribution in [0.1, 0.15) is 10.4 Å². The van der Waals surface area contributed by atoms with Crippen molar-refractivity contribution in [3.63, 3.8) is 0 Å². The van der Waals surface area contributed by atoms with Crippen molar-refractivity contribution in [2.75, 3.05) is 0 Å². The Hall–Kier alpha value is -3.19. The second kappa shape index (κ2) is 6.51. The van der Waals surface area contributed by atoms with Gasteiger partial charge in [0.2, 0.25) is 0 Å². The molecule has 0 aliphatic rings. The molecule has 0 aliphatic heterocycles. The summed E-state index contributed by atoms with van der Waals surface area (Å²) in [4.78, 5) is 23.1. The Morgan fingerprint density at radius 3 is 2.42 bits per heavy atom. The van der Waals surface area contributed by atoms with E-state index < -0.39 is 11.5 Å². The molecule has 120 valence electrons. The van der Waals surface area contributed by atoms with E-state index >= 15 is 0 Å². The van der Waals surface area contributed by atoms with Crippen LogP contribution in [0.25, 0.3) is 11.3 Å². The third-order valence-electron chi connectivity index (χ3n) is 3.28. The molecule has 3 N–H and O–H groups in total. The van der Waals surface area contributed by atoms with Crippen LogP contribution in [0.2, 0.25) is 5.02 Å². The fourth-order valence-electron chi connectivity index (χ4n) is 2.12. The molecule has 0 atom stereocenters. The zero-order chi connectivity index (χ0) is 17.1. The number of carboxylic acids is 1. The number of carboxylic acid groups (broad SMARTS) is 1. The van der Waals surface area contributed by atoms with Crippen molar-refractivity contribution in [3.8, 4) is 11.3 Å². The van der Waals surface area contributed by atoms with Crippen molar-refractivity contribution >= 4 is 28.9 Å². The second-order valence-corrected chi connectivity index (χ2v) is 5.27. The van der Waals surface area contributed by atoms with Crippen LogP contribution in [0.4, 0.5) is 11.4 Å². The lowest BCUT2D eigenvalue weighted by molar-refractivity contribution is 0.0698. The summed E-state index contributed by atoms with van der Waals surface area (Å²) in [6.07, 6.45) is 0. The van der Waals surface area contributed by atoms with Crippen LogP contribution < -0.4 is 5.56 Å². The van der Waals surface area contributed by atoms with Gasteiger partial charge in [0.25, 0.3) is 5.56 Å². The third kappa shape index (κ3) is 3.11. The number of azo groups is 1. The number of hydrogen-bond donors (Lipinski definition) is 3. The molecule has 8 heteroatoms. The van der Waals surface area contributed by atoms with Gasteiger partial charge in [0.15, 0.2) is 5.69 Å². The van der Waals surface area contributed by atoms with E-state index in [1.54, 1.807) is 36.4 Å². The molecule has 0 bridgehead atoms. The largest absolute Gasteiger partial charge is 0.478 e. The number of hydrogen-bond acceptors (Lipinski definition) is 4. The van der Waals surface area contributed by atoms with Crippen LogP contribution in [-0.2, 0) is 0 Å². The van der Waals surface area contributed by atoms with Crippen molar-refractivity contribution in [2.45, 2.75) is 0 Å². The highest BCUT2D eigenvalue weighted by molar-refractivity contribution is 6.30. The van der Waals surface area contributed by atoms with Crippen molar-refractivity contribution in [2.24, 2.45) is 10.2 Å². The van der Waals surface area contributed by atoms with Gasteiger partial charge in [0, 0.05) is 10.6 Å². The highest BCUT2D eigenvalue weighted by Crippen LogP contribution is 2.28. The molecule has 7 nitrogen and oxygen atoms in total. The monoisotopic (exact) mass is 342 g/mol. The number of H-pyrrole nitrogens is 2. The lowest BCUT2D eigenvalue weighted by Gasteiger charge is -2.00. The average molecular weight is 343 g/mol. The van der Waals surface area contributed by atoms with Gasteiger partial charge in [0.05, 0.1) is 11.3 Å². The van der Waals surface area contributed by atoms with Gasteiger partial charge in [0.1, 0.15) is 5.69 Å². The normalized spacial score (nSPS) is 11.0. The molecule has 0 saturated heterocycles. The molecule has 0 radical (unpaired) electrons. The van der Waals surface area contributed by atoms with E-state index in [1.165, 1.54) is 12.1 Å². The zero-order valence-corrected chi connectivity index (χ0v) is 12.9. The van der Waals surface area contributed by atoms with Gasteiger partial charge in [-0.3, -0.25) is 15.0 Å². The van der Waals surface area contributed by atoms with Gasteiger partial charge in [-0.25, -0.2) is 4.79 Å². The predicted octanol–water partition coefficient (Wildman–Crippen LogP) is 4.14. The number of benzene rings is 2. The first kappa shape index (κ1) is 15.7. The van der Waals surface area contributed by atoms with Crippen molar-refractivity contribution < 1.29 is 9.90 Å². The average Bonchev–Trinajstić information content (AvgIpc) is 2.94. The molecule has 3 rings (SSSR count). The van der Waals surface area contributed by atoms with Gasteiger partial charge in [-0.15, -0.1) is 10.2 Å². The molecule has 2 aromatic carbocycles. The summed E-state index contributed by atoms with van der Waals surface area (Å²) in [5, 5.41) is 22.7. The quantitative estimate of drug-likeness (QED) is 0.619. The number of nitrogens with zero attached hydrogens (tertiary/aromatic N) is 2. The maximum absolute atomic E-state index is 11.9. The molecule has 1 aromatic heterocycles. The van der Waals surface area contributed by atoms with E-state index in [0.29, 0.717) is 16.3 Å². The Balaban J connectivity index is 2.03. The van der Waals surface area contributed by atoms with E-state index in [1.807, 2.05) is 0 Å². The first-order valence-electron chi connectivity index (χ1n) is 6.87. The van der Waals surface area contributed by atoms with Gasteiger partial charge in [-0.05, 0) is 24.3 Å². The summed E-state index contributed by atoms with van der Waals surface area (Å²) in [5.41, 5.74) is 0.884. The summed E-state index contributed by atoms with van der Waals surface area (Å²) in [6.45, 7) is 0. The van der Waals surface area contributed by atoms with E-state index in [9.17, 15) is 9.59 Å². The smallest absolute Gasteiger partial charge is 0.337 e. The lowest BCUT2D eigenvalue weighted by atomic mass is 10.1. The molecular weight excluding hydrogens is 332 g/mol. The third-order valence-corrected chi connectivity index (χ3v) is 3.53. The highest BCUT2D eigenvalue weighted by Gasteiger charge is 2.13. The topological polar surface area (TPSA) is 111 Å². The molecule has 1 heterocycles. The van der Waals surface area contributed by atoms with Crippen LogP contribution in [0, 0.1) is 0 Å². The molecule has 0 saturated carbocycles. The Morgan fingerprint density at radius 1 is 1.00 bits per heavy atom. The van der Waals surface area contributed by atoms with Crippen LogP contribution in [-0.4, -0.2) is 21.3 Å². The van der Waals surface area contributed by atoms with Crippen LogP contribution in [0.15, 0.2) is 63.6 Å². The minimum Gasteiger partial charge on any atom is -0.478 e. The van der Waals surface area contributed by atoms with Crippen molar-refractivity contribution in [3.05, 3.63) is 69.5 Å². The molecule has 24 heavy (non-hydrogen) atoms. The molecule has 0 amide bonds. The minimum absolute atomic E-state index is 0.00116. The van der Waals surface area contributed by atoms with E-state index in [4.69, 9.17) is 16.7 Å². The molecule has 3 aromatic rings. The Labute approximate surface area is 140 Å². The summed E-state index contributed by atoms with van der Waals surface area (Å²) in [7, 11) is 0. The Kier molecular flexibility index (Phi) is 4.26. The number of aromatic amines is 2. The summed E-state index contributed by atoms with van der Waals surface area (Å²) < 4.78 is 0. The second-order valence-electron chi connectivity index (χ2n) is 4.83. The van der Waals surface area contributed by atoms with E-state index in [0.717, 1.165) is 0 Å². The number of carbonyl (C=O) groups is 1. The van der Waals surface area contributed by atoms with Crippen LogP contribution >= 0.6 is 11.6 Å². The SMILES string of the molecule is O=C(O)c1ccccc1N=Nc1c(-c2ccc(Cl)cc2)[nH][nH]c1=O. The Bertz CT molecular complexity index is 973. The van der Waals surface area contributed by atoms with Crippen molar-refractivity contribution in [1.82, 2.24) is 10.2 Å². The number of aromatic nitrogens is 2. The first-order valence-corrected chi connectivity index (χ1v) is 7.24. The molecule has 0 fully saturated rings. The fraction of sp³-hybridized carbons (Fsp3) is 0. The minimum atomic E-state index is -1.12. The van der Waals surface area contributed by atoms with Gasteiger partial charge in [-0.1, -0.05) is 35.9 Å². The maximum Gasteiger partial charge on any atom is 0.337 e. The summed E-state index contributed by atoms with van der Waals surface area (Å²) >= 11 is 5.86. The van der Waals surface area contributed by atoms with E-state index in [-0.39, 0.29) is 16.9 Å². The first-order chi connectivity index (χ1) is 11.6. The van der Waals surface area contributed by atoms with Gasteiger partial charge < -0.3 is 5.11 Å². The summed E-state index contributed by atoms with van der Waals surface area (Å²) in [5.74, 6) is -1.12. The predicted molar refractivity (Wildman–Crippen MR) is 89.4 cm³/mol. The standard InChI is InChI=1S/C16H11ClN4O3/c17-10-7-5-9(6-8-10)13-14(15(22)21-19-13)20-18-12-4-2-1-3-11(12)16(23)24/h1-8H,(H,23,24)(H2,19,21,22). The molecule has 0 spiro atoms. The molecule has 0 unspecified atom stereocenters. The Morgan fingerprint density at radius 2 is 1.71 bits per heavy atom. The highest BCUT2D eigenvalue weighted by atomic mass is 35.5.